The van der Waals surface area contributed by atoms with E-state index >= 15 is 0 Å². The Morgan fingerprint density at radius 2 is 1.95 bits per heavy atom. The Balaban J connectivity index is 2.31. The molecule has 0 aliphatic rings. The van der Waals surface area contributed by atoms with E-state index in [1.165, 1.54) is 5.56 Å². The zero-order valence-electron chi connectivity index (χ0n) is 12.0. The molecular weight excluding hydrogens is 262 g/mol. The van der Waals surface area contributed by atoms with E-state index in [9.17, 15) is 0 Å². The molecular formula is C13H20ClN5. The Kier molecular flexibility index (Phi) is 3.96. The van der Waals surface area contributed by atoms with Crippen molar-refractivity contribution < 1.29 is 0 Å². The summed E-state index contributed by atoms with van der Waals surface area (Å²) in [6.45, 7) is 4.02. The molecule has 0 spiro atoms. The van der Waals surface area contributed by atoms with Crippen LogP contribution in [0.3, 0.4) is 0 Å². The summed E-state index contributed by atoms with van der Waals surface area (Å²) in [6, 6.07) is 0.189. The monoisotopic (exact) mass is 281 g/mol. The molecule has 0 saturated heterocycles. The van der Waals surface area contributed by atoms with Crippen LogP contribution in [-0.2, 0) is 20.5 Å². The van der Waals surface area contributed by atoms with Crippen LogP contribution in [0.4, 0.5) is 0 Å². The summed E-state index contributed by atoms with van der Waals surface area (Å²) in [4.78, 5) is 0. The van der Waals surface area contributed by atoms with Crippen molar-refractivity contribution in [2.24, 2.45) is 14.1 Å². The molecule has 0 bridgehead atoms. The van der Waals surface area contributed by atoms with Gasteiger partial charge in [0, 0.05) is 37.5 Å². The van der Waals surface area contributed by atoms with E-state index < -0.39 is 0 Å². The first-order chi connectivity index (χ1) is 8.93. The van der Waals surface area contributed by atoms with E-state index in [0.29, 0.717) is 5.15 Å². The molecule has 104 valence electrons. The number of hydrogen-bond acceptors (Lipinski definition) is 3. The average molecular weight is 282 g/mol. The van der Waals surface area contributed by atoms with Crippen molar-refractivity contribution in [1.29, 1.82) is 0 Å². The SMILES string of the molecule is CNC(Cc1c(C)nn(C)c1Cl)c1cn(C)nc1C. The van der Waals surface area contributed by atoms with Crippen LogP contribution >= 0.6 is 11.6 Å². The van der Waals surface area contributed by atoms with Gasteiger partial charge in [-0.25, -0.2) is 0 Å². The van der Waals surface area contributed by atoms with Crippen LogP contribution in [0.25, 0.3) is 0 Å². The average Bonchev–Trinajstić information content (AvgIpc) is 2.79. The van der Waals surface area contributed by atoms with Crippen molar-refractivity contribution in [3.05, 3.63) is 33.9 Å². The fourth-order valence-corrected chi connectivity index (χ4v) is 2.69. The third-order valence-corrected chi connectivity index (χ3v) is 3.93. The van der Waals surface area contributed by atoms with Crippen molar-refractivity contribution in [2.45, 2.75) is 26.3 Å². The van der Waals surface area contributed by atoms with E-state index in [-0.39, 0.29) is 6.04 Å². The highest BCUT2D eigenvalue weighted by Gasteiger charge is 2.20. The standard InChI is InChI=1S/C13H20ClN5/c1-8-10(13(14)19(5)17-8)6-12(15-3)11-7-18(4)16-9(11)2/h7,12,15H,6H2,1-5H3. The number of aromatic nitrogens is 4. The normalized spacial score (nSPS) is 12.9. The van der Waals surface area contributed by atoms with Crippen LogP contribution in [0, 0.1) is 13.8 Å². The number of likely N-dealkylation sites (N-methyl/N-ethyl adjacent to an activating group) is 1. The maximum atomic E-state index is 6.30. The Hall–Kier alpha value is -1.33. The molecule has 19 heavy (non-hydrogen) atoms. The lowest BCUT2D eigenvalue weighted by Crippen LogP contribution is -2.19. The van der Waals surface area contributed by atoms with Crippen molar-refractivity contribution >= 4 is 11.6 Å². The summed E-state index contributed by atoms with van der Waals surface area (Å²) < 4.78 is 3.56. The van der Waals surface area contributed by atoms with Gasteiger partial charge >= 0.3 is 0 Å². The van der Waals surface area contributed by atoms with Gasteiger partial charge in [-0.15, -0.1) is 0 Å². The molecule has 2 rings (SSSR count). The lowest BCUT2D eigenvalue weighted by Gasteiger charge is -2.15. The summed E-state index contributed by atoms with van der Waals surface area (Å²) >= 11 is 6.30. The van der Waals surface area contributed by atoms with E-state index in [0.717, 1.165) is 23.4 Å². The lowest BCUT2D eigenvalue weighted by molar-refractivity contribution is 0.587. The van der Waals surface area contributed by atoms with Crippen LogP contribution in [0.15, 0.2) is 6.20 Å². The molecule has 2 aromatic heterocycles. The van der Waals surface area contributed by atoms with Gasteiger partial charge in [0.2, 0.25) is 0 Å². The summed E-state index contributed by atoms with van der Waals surface area (Å²) in [7, 11) is 5.75. The van der Waals surface area contributed by atoms with Gasteiger partial charge in [0.1, 0.15) is 5.15 Å². The molecule has 1 N–H and O–H groups in total. The second-order valence-corrected chi connectivity index (χ2v) is 5.23. The molecule has 1 atom stereocenters. The summed E-state index contributed by atoms with van der Waals surface area (Å²) in [5.41, 5.74) is 4.31. The van der Waals surface area contributed by atoms with Crippen LogP contribution < -0.4 is 5.32 Å². The first-order valence-corrected chi connectivity index (χ1v) is 6.67. The fraction of sp³-hybridized carbons (Fsp3) is 0.538. The van der Waals surface area contributed by atoms with Crippen LogP contribution in [0.1, 0.15) is 28.6 Å². The molecule has 0 aliphatic carbocycles. The summed E-state index contributed by atoms with van der Waals surface area (Å²) in [5, 5.41) is 12.8. The van der Waals surface area contributed by atoms with Crippen molar-refractivity contribution in [1.82, 2.24) is 24.9 Å². The fourth-order valence-electron chi connectivity index (χ4n) is 2.44. The zero-order valence-corrected chi connectivity index (χ0v) is 12.8. The minimum Gasteiger partial charge on any atom is -0.313 e. The van der Waals surface area contributed by atoms with Gasteiger partial charge in [-0.05, 0) is 27.3 Å². The van der Waals surface area contributed by atoms with Gasteiger partial charge in [-0.3, -0.25) is 9.36 Å². The van der Waals surface area contributed by atoms with Gasteiger partial charge in [0.15, 0.2) is 0 Å². The number of hydrogen-bond donors (Lipinski definition) is 1. The Labute approximate surface area is 118 Å². The number of rotatable bonds is 4. The molecule has 5 nitrogen and oxygen atoms in total. The summed E-state index contributed by atoms with van der Waals surface area (Å²) in [5.74, 6) is 0. The summed E-state index contributed by atoms with van der Waals surface area (Å²) in [6.07, 6.45) is 2.86. The van der Waals surface area contributed by atoms with E-state index in [1.54, 1.807) is 4.68 Å². The second-order valence-electron chi connectivity index (χ2n) is 4.87. The molecule has 6 heteroatoms. The van der Waals surface area contributed by atoms with Gasteiger partial charge in [-0.1, -0.05) is 11.6 Å². The van der Waals surface area contributed by atoms with Gasteiger partial charge < -0.3 is 5.32 Å². The van der Waals surface area contributed by atoms with E-state index in [2.05, 4.69) is 21.7 Å². The Morgan fingerprint density at radius 3 is 2.37 bits per heavy atom. The first-order valence-electron chi connectivity index (χ1n) is 6.29. The van der Waals surface area contributed by atoms with Gasteiger partial charge in [0.05, 0.1) is 11.4 Å². The maximum absolute atomic E-state index is 6.30. The molecule has 0 aromatic carbocycles. The minimum atomic E-state index is 0.189. The number of nitrogens with one attached hydrogen (secondary N) is 1. The third kappa shape index (κ3) is 2.67. The maximum Gasteiger partial charge on any atom is 0.130 e. The zero-order chi connectivity index (χ0) is 14.2. The van der Waals surface area contributed by atoms with Crippen LogP contribution in [0.2, 0.25) is 5.15 Å². The third-order valence-electron chi connectivity index (χ3n) is 3.45. The highest BCUT2D eigenvalue weighted by Crippen LogP contribution is 2.26. The molecule has 0 aliphatic heterocycles. The smallest absolute Gasteiger partial charge is 0.130 e. The van der Waals surface area contributed by atoms with E-state index in [1.807, 2.05) is 39.7 Å². The largest absolute Gasteiger partial charge is 0.313 e. The van der Waals surface area contributed by atoms with E-state index in [4.69, 9.17) is 11.6 Å². The Morgan fingerprint density at radius 1 is 1.26 bits per heavy atom. The number of halogens is 1. The first kappa shape index (κ1) is 14.1. The predicted molar refractivity (Wildman–Crippen MR) is 76.4 cm³/mol. The molecule has 0 radical (unpaired) electrons. The number of aryl methyl sites for hydroxylation is 4. The van der Waals surface area contributed by atoms with Crippen LogP contribution in [-0.4, -0.2) is 26.6 Å². The second kappa shape index (κ2) is 5.35. The van der Waals surface area contributed by atoms with Crippen LogP contribution in [0.5, 0.6) is 0 Å². The van der Waals surface area contributed by atoms with Gasteiger partial charge in [0.25, 0.3) is 0 Å². The molecule has 2 heterocycles. The predicted octanol–water partition coefficient (Wildman–Crippen LogP) is 1.93. The van der Waals surface area contributed by atoms with Gasteiger partial charge in [-0.2, -0.15) is 10.2 Å². The topological polar surface area (TPSA) is 47.7 Å². The minimum absolute atomic E-state index is 0.189. The Bertz CT molecular complexity index is 584. The number of nitrogens with zero attached hydrogens (tertiary/aromatic N) is 4. The van der Waals surface area contributed by atoms with Crippen molar-refractivity contribution in [3.8, 4) is 0 Å². The molecule has 2 aromatic rings. The van der Waals surface area contributed by atoms with Crippen molar-refractivity contribution in [3.63, 3.8) is 0 Å². The molecule has 0 saturated carbocycles. The highest BCUT2D eigenvalue weighted by molar-refractivity contribution is 6.30. The van der Waals surface area contributed by atoms with Crippen molar-refractivity contribution in [2.75, 3.05) is 7.05 Å². The quantitative estimate of drug-likeness (QED) is 0.931. The molecule has 0 fully saturated rings. The molecule has 0 amide bonds. The highest BCUT2D eigenvalue weighted by atomic mass is 35.5. The lowest BCUT2D eigenvalue weighted by atomic mass is 10.0. The molecule has 1 unspecified atom stereocenters.